The highest BCUT2D eigenvalue weighted by atomic mass is 79.9. The number of benzene rings is 2. The fraction of sp³-hybridized carbons (Fsp3) is 0.571. The molecule has 2 aromatic carbocycles. The molecule has 2 aromatic rings. The average Bonchev–Trinajstić information content (AvgIpc) is 3.00. The summed E-state index contributed by atoms with van der Waals surface area (Å²) < 4.78 is 49.4. The summed E-state index contributed by atoms with van der Waals surface area (Å²) in [5, 5.41) is 15.1. The number of likely N-dealkylation sites (tertiary alicyclic amines) is 1. The number of fused-ring (bicyclic) bond motifs is 2. The van der Waals surface area contributed by atoms with Crippen LogP contribution in [-0.4, -0.2) is 96.7 Å². The summed E-state index contributed by atoms with van der Waals surface area (Å²) in [5.41, 5.74) is -1.21. The maximum absolute atomic E-state index is 12.9. The number of alkyl halides is 3. The standard InChI is InChI=1S/C21H42N4O4.C14H7BrF3NO2S/c1-20(2,3)28-18(26)22-10-14-25(17-16-24-12-8-7-9-13-24)15-11-23-19(27)29-21(4,5)6;15-8-5-7(14(16,17)18)6-11-12(8)19(13(20)21)9-3-1-2-4-10(9)22-11/h7-17H2,1-6H3,(H,22,26)(H,23,27);1-6H,(H,20,21). The molecule has 2 aliphatic heterocycles. The third kappa shape index (κ3) is 14.4. The third-order valence-corrected chi connectivity index (χ3v) is 9.17. The normalized spacial score (nSPS) is 14.8. The predicted octanol–water partition coefficient (Wildman–Crippen LogP) is 8.57. The number of rotatable bonds is 9. The van der Waals surface area contributed by atoms with Crippen LogP contribution in [-0.2, 0) is 15.7 Å². The van der Waals surface area contributed by atoms with Crippen LogP contribution in [0, 0.1) is 0 Å². The van der Waals surface area contributed by atoms with Gasteiger partial charge in [-0.05, 0) is 108 Å². The molecule has 0 saturated carbocycles. The number of nitrogens with zero attached hydrogens (tertiary/aromatic N) is 3. The molecule has 0 atom stereocenters. The summed E-state index contributed by atoms with van der Waals surface area (Å²) in [6.45, 7) is 17.7. The van der Waals surface area contributed by atoms with Gasteiger partial charge in [0.15, 0.2) is 0 Å². The number of ether oxygens (including phenoxy) is 2. The number of para-hydroxylation sites is 1. The Balaban J connectivity index is 0.000000284. The van der Waals surface area contributed by atoms with E-state index >= 15 is 0 Å². The fourth-order valence-electron chi connectivity index (χ4n) is 5.26. The lowest BCUT2D eigenvalue weighted by molar-refractivity contribution is -0.137. The number of alkyl carbamates (subject to hydrolysis) is 2. The molecule has 0 spiro atoms. The van der Waals surface area contributed by atoms with Crippen molar-refractivity contribution in [3.8, 4) is 0 Å². The molecule has 2 heterocycles. The van der Waals surface area contributed by atoms with Crippen LogP contribution < -0.4 is 15.5 Å². The van der Waals surface area contributed by atoms with Gasteiger partial charge in [0.05, 0.1) is 16.9 Å². The van der Waals surface area contributed by atoms with Crippen molar-refractivity contribution in [3.63, 3.8) is 0 Å². The fourth-order valence-corrected chi connectivity index (χ4v) is 7.16. The Morgan fingerprint density at radius 1 is 0.863 bits per heavy atom. The van der Waals surface area contributed by atoms with Gasteiger partial charge in [0.2, 0.25) is 0 Å². The van der Waals surface area contributed by atoms with Gasteiger partial charge >= 0.3 is 24.5 Å². The van der Waals surface area contributed by atoms with Crippen molar-refractivity contribution in [1.82, 2.24) is 20.4 Å². The van der Waals surface area contributed by atoms with Crippen molar-refractivity contribution in [2.75, 3.05) is 57.3 Å². The number of nitrogens with one attached hydrogen (secondary N) is 2. The van der Waals surface area contributed by atoms with Gasteiger partial charge in [-0.25, -0.2) is 19.3 Å². The topological polar surface area (TPSA) is 124 Å². The molecule has 0 unspecified atom stereocenters. The maximum atomic E-state index is 12.9. The number of hydrogen-bond donors (Lipinski definition) is 3. The van der Waals surface area contributed by atoms with Gasteiger partial charge in [-0.1, -0.05) is 30.3 Å². The Kier molecular flexibility index (Phi) is 15.3. The summed E-state index contributed by atoms with van der Waals surface area (Å²) >= 11 is 4.18. The second-order valence-corrected chi connectivity index (χ2v) is 16.0. The van der Waals surface area contributed by atoms with Gasteiger partial charge < -0.3 is 30.1 Å². The Labute approximate surface area is 310 Å². The highest BCUT2D eigenvalue weighted by Crippen LogP contribution is 2.52. The highest BCUT2D eigenvalue weighted by Gasteiger charge is 2.36. The first kappa shape index (κ1) is 42.2. The van der Waals surface area contributed by atoms with Crippen LogP contribution in [0.15, 0.2) is 50.7 Å². The smallest absolute Gasteiger partial charge is 0.416 e. The van der Waals surface area contributed by atoms with E-state index in [1.807, 2.05) is 41.5 Å². The largest absolute Gasteiger partial charge is 0.464 e. The van der Waals surface area contributed by atoms with Gasteiger partial charge in [-0.3, -0.25) is 4.90 Å². The van der Waals surface area contributed by atoms with Crippen molar-refractivity contribution in [2.24, 2.45) is 0 Å². The monoisotopic (exact) mass is 803 g/mol. The van der Waals surface area contributed by atoms with Crippen molar-refractivity contribution >= 4 is 57.3 Å². The first-order valence-electron chi connectivity index (χ1n) is 16.8. The van der Waals surface area contributed by atoms with E-state index in [1.165, 1.54) is 19.3 Å². The minimum atomic E-state index is -4.50. The van der Waals surface area contributed by atoms with Crippen LogP contribution in [0.4, 0.5) is 38.9 Å². The van der Waals surface area contributed by atoms with Crippen LogP contribution in [0.3, 0.4) is 0 Å². The summed E-state index contributed by atoms with van der Waals surface area (Å²) in [6.07, 6.45) is -2.71. The Morgan fingerprint density at radius 3 is 1.92 bits per heavy atom. The summed E-state index contributed by atoms with van der Waals surface area (Å²) in [4.78, 5) is 41.8. The second-order valence-electron chi connectivity index (χ2n) is 14.1. The summed E-state index contributed by atoms with van der Waals surface area (Å²) in [7, 11) is 0. The number of carboxylic acid groups (broad SMARTS) is 1. The van der Waals surface area contributed by atoms with Crippen LogP contribution in [0.25, 0.3) is 0 Å². The number of halogens is 4. The molecular formula is C35H49BrF3N5O6S. The van der Waals surface area contributed by atoms with Gasteiger partial charge in [0.25, 0.3) is 0 Å². The minimum Gasteiger partial charge on any atom is -0.464 e. The van der Waals surface area contributed by atoms with Crippen LogP contribution in [0.2, 0.25) is 0 Å². The van der Waals surface area contributed by atoms with Gasteiger partial charge in [0.1, 0.15) is 11.2 Å². The molecule has 16 heteroatoms. The Hall–Kier alpha value is -3.21. The SMILES string of the molecule is CC(C)(C)OC(=O)NCCN(CCNC(=O)OC(C)(C)C)CCN1CCCCC1.O=C(O)N1c2ccccc2Sc2cc(C(F)(F)F)cc(Br)c21. The lowest BCUT2D eigenvalue weighted by Crippen LogP contribution is -2.44. The van der Waals surface area contributed by atoms with E-state index in [0.717, 1.165) is 55.0 Å². The first-order chi connectivity index (χ1) is 23.7. The van der Waals surface area contributed by atoms with Crippen molar-refractivity contribution in [2.45, 2.75) is 88.0 Å². The van der Waals surface area contributed by atoms with E-state index < -0.39 is 41.2 Å². The number of amides is 3. The maximum Gasteiger partial charge on any atom is 0.416 e. The van der Waals surface area contributed by atoms with Crippen LogP contribution >= 0.6 is 27.7 Å². The van der Waals surface area contributed by atoms with E-state index in [2.05, 4.69) is 36.4 Å². The van der Waals surface area contributed by atoms with Crippen molar-refractivity contribution in [3.05, 3.63) is 46.4 Å². The molecule has 1 fully saturated rings. The summed E-state index contributed by atoms with van der Waals surface area (Å²) in [6, 6.07) is 8.54. The molecule has 2 aliphatic rings. The van der Waals surface area contributed by atoms with E-state index in [-0.39, 0.29) is 15.1 Å². The third-order valence-electron chi connectivity index (χ3n) is 7.47. The predicted molar refractivity (Wildman–Crippen MR) is 195 cm³/mol. The van der Waals surface area contributed by atoms with Gasteiger partial charge in [-0.15, -0.1) is 0 Å². The average molecular weight is 805 g/mol. The molecular weight excluding hydrogens is 755 g/mol. The quantitative estimate of drug-likeness (QED) is 0.229. The molecule has 11 nitrogen and oxygen atoms in total. The molecule has 0 bridgehead atoms. The zero-order chi connectivity index (χ0) is 38.0. The molecule has 51 heavy (non-hydrogen) atoms. The summed E-state index contributed by atoms with van der Waals surface area (Å²) in [5.74, 6) is 0. The second kappa shape index (κ2) is 18.5. The number of carbonyl (C=O) groups excluding carboxylic acids is 2. The van der Waals surface area contributed by atoms with E-state index in [0.29, 0.717) is 36.8 Å². The zero-order valence-corrected chi connectivity index (χ0v) is 32.4. The lowest BCUT2D eigenvalue weighted by Gasteiger charge is -2.30. The lowest BCUT2D eigenvalue weighted by atomic mass is 10.1. The van der Waals surface area contributed by atoms with E-state index in [9.17, 15) is 32.7 Å². The minimum absolute atomic E-state index is 0.0849. The first-order valence-corrected chi connectivity index (χ1v) is 18.4. The van der Waals surface area contributed by atoms with Crippen molar-refractivity contribution in [1.29, 1.82) is 0 Å². The molecule has 4 rings (SSSR count). The number of anilines is 2. The highest BCUT2D eigenvalue weighted by molar-refractivity contribution is 9.10. The molecule has 0 aromatic heterocycles. The molecule has 284 valence electrons. The Bertz CT molecular complexity index is 1460. The van der Waals surface area contributed by atoms with Gasteiger partial charge in [0, 0.05) is 53.5 Å². The number of piperidine rings is 1. The van der Waals surface area contributed by atoms with Crippen molar-refractivity contribution < 1.29 is 42.1 Å². The molecule has 1 saturated heterocycles. The molecule has 0 radical (unpaired) electrons. The van der Waals surface area contributed by atoms with Gasteiger partial charge in [-0.2, -0.15) is 13.2 Å². The van der Waals surface area contributed by atoms with Crippen LogP contribution in [0.1, 0.15) is 66.4 Å². The Morgan fingerprint density at radius 2 is 1.41 bits per heavy atom. The molecule has 0 aliphatic carbocycles. The van der Waals surface area contributed by atoms with Crippen LogP contribution in [0.5, 0.6) is 0 Å². The zero-order valence-electron chi connectivity index (χ0n) is 30.0. The number of carbonyl (C=O) groups is 3. The van der Waals surface area contributed by atoms with E-state index in [1.54, 1.807) is 24.3 Å². The molecule has 3 amide bonds. The number of hydrogen-bond acceptors (Lipinski definition) is 8. The van der Waals surface area contributed by atoms with E-state index in [4.69, 9.17) is 9.47 Å². The molecule has 3 N–H and O–H groups in total.